The molecule has 136 valence electrons. The molecule has 0 saturated carbocycles. The van der Waals surface area contributed by atoms with Crippen LogP contribution in [-0.2, 0) is 20.9 Å². The summed E-state index contributed by atoms with van der Waals surface area (Å²) in [6.07, 6.45) is -0.481. The average molecular weight is 390 g/mol. The number of rotatable bonds is 5. The van der Waals surface area contributed by atoms with Crippen molar-refractivity contribution in [2.24, 2.45) is 0 Å². The van der Waals surface area contributed by atoms with Crippen LogP contribution in [0.1, 0.15) is 28.6 Å². The molecule has 1 aliphatic rings. The van der Waals surface area contributed by atoms with E-state index in [-0.39, 0.29) is 11.8 Å². The van der Waals surface area contributed by atoms with Gasteiger partial charge in [0, 0.05) is 21.9 Å². The Balaban J connectivity index is 1.60. The summed E-state index contributed by atoms with van der Waals surface area (Å²) in [5, 5.41) is 7.45. The van der Waals surface area contributed by atoms with Gasteiger partial charge in [0.1, 0.15) is 0 Å². The number of amides is 2. The first-order chi connectivity index (χ1) is 12.5. The van der Waals surface area contributed by atoms with E-state index in [0.29, 0.717) is 30.0 Å². The highest BCUT2D eigenvalue weighted by Crippen LogP contribution is 2.31. The van der Waals surface area contributed by atoms with Crippen LogP contribution in [0, 0.1) is 0 Å². The highest BCUT2D eigenvalue weighted by Gasteiger charge is 2.21. The summed E-state index contributed by atoms with van der Waals surface area (Å²) in [6.45, 7) is 1.93. The molecule has 1 atom stereocenters. The van der Waals surface area contributed by atoms with E-state index in [9.17, 15) is 14.4 Å². The van der Waals surface area contributed by atoms with Gasteiger partial charge in [-0.05, 0) is 36.6 Å². The van der Waals surface area contributed by atoms with Gasteiger partial charge >= 0.3 is 5.97 Å². The van der Waals surface area contributed by atoms with Crippen LogP contribution in [0.3, 0.4) is 0 Å². The number of esters is 1. The maximum atomic E-state index is 12.3. The fraction of sp³-hybridized carbons (Fsp3) is 0.278. The monoisotopic (exact) mass is 390 g/mol. The van der Waals surface area contributed by atoms with Gasteiger partial charge < -0.3 is 15.4 Å². The van der Waals surface area contributed by atoms with Crippen molar-refractivity contribution >= 4 is 46.6 Å². The molecule has 0 saturated heterocycles. The second kappa shape index (κ2) is 8.37. The normalized spacial score (nSPS) is 14.6. The first kappa shape index (κ1) is 18.5. The molecule has 2 aromatic rings. The zero-order valence-corrected chi connectivity index (χ0v) is 15.7. The molecule has 2 heterocycles. The number of ether oxygens (including phenoxy) is 1. The van der Waals surface area contributed by atoms with Crippen LogP contribution in [0.25, 0.3) is 0 Å². The minimum atomic E-state index is -0.912. The molecule has 3 rings (SSSR count). The molecule has 0 fully saturated rings. The second-order valence-corrected chi connectivity index (χ2v) is 7.87. The Kier molecular flexibility index (Phi) is 5.95. The number of carbonyl (C=O) groups is 3. The fourth-order valence-corrected chi connectivity index (χ4v) is 3.94. The third kappa shape index (κ3) is 4.64. The van der Waals surface area contributed by atoms with Crippen LogP contribution in [0.4, 0.5) is 5.69 Å². The smallest absolute Gasteiger partial charge is 0.338 e. The van der Waals surface area contributed by atoms with Crippen molar-refractivity contribution in [1.29, 1.82) is 0 Å². The summed E-state index contributed by atoms with van der Waals surface area (Å²) in [7, 11) is 0. The minimum absolute atomic E-state index is 0.0805. The van der Waals surface area contributed by atoms with Crippen LogP contribution in [0.2, 0.25) is 0 Å². The molecule has 0 spiro atoms. The van der Waals surface area contributed by atoms with Gasteiger partial charge in [-0.3, -0.25) is 9.59 Å². The van der Waals surface area contributed by atoms with E-state index >= 15 is 0 Å². The van der Waals surface area contributed by atoms with Gasteiger partial charge in [0.15, 0.2) is 6.10 Å². The maximum absolute atomic E-state index is 12.3. The van der Waals surface area contributed by atoms with Crippen molar-refractivity contribution < 1.29 is 19.1 Å². The molecule has 0 radical (unpaired) electrons. The zero-order chi connectivity index (χ0) is 18.5. The summed E-state index contributed by atoms with van der Waals surface area (Å²) >= 11 is 3.10. The van der Waals surface area contributed by atoms with Crippen molar-refractivity contribution in [3.05, 3.63) is 46.2 Å². The predicted molar refractivity (Wildman–Crippen MR) is 101 cm³/mol. The third-order valence-corrected chi connectivity index (χ3v) is 5.70. The van der Waals surface area contributed by atoms with Crippen molar-refractivity contribution in [2.75, 3.05) is 11.1 Å². The number of fused-ring (bicyclic) bond motifs is 1. The molecule has 6 nitrogen and oxygen atoms in total. The lowest BCUT2D eigenvalue weighted by Crippen LogP contribution is -2.35. The number of anilines is 1. The van der Waals surface area contributed by atoms with Crippen LogP contribution in [0.5, 0.6) is 0 Å². The molecule has 26 heavy (non-hydrogen) atoms. The van der Waals surface area contributed by atoms with Crippen LogP contribution in [-0.4, -0.2) is 29.6 Å². The molecular weight excluding hydrogens is 372 g/mol. The first-order valence-corrected chi connectivity index (χ1v) is 9.97. The molecule has 2 amide bonds. The largest absolute Gasteiger partial charge is 0.449 e. The van der Waals surface area contributed by atoms with Gasteiger partial charge in [0.25, 0.3) is 5.91 Å². The van der Waals surface area contributed by atoms with E-state index in [0.717, 1.165) is 9.77 Å². The predicted octanol–water partition coefficient (Wildman–Crippen LogP) is 3.04. The maximum Gasteiger partial charge on any atom is 0.338 e. The topological polar surface area (TPSA) is 84.5 Å². The minimum Gasteiger partial charge on any atom is -0.449 e. The van der Waals surface area contributed by atoms with E-state index < -0.39 is 12.1 Å². The van der Waals surface area contributed by atoms with Crippen molar-refractivity contribution in [3.8, 4) is 0 Å². The van der Waals surface area contributed by atoms with E-state index in [4.69, 9.17) is 4.74 Å². The van der Waals surface area contributed by atoms with Gasteiger partial charge in [0.2, 0.25) is 5.91 Å². The van der Waals surface area contributed by atoms with Gasteiger partial charge in [-0.15, -0.1) is 23.1 Å². The van der Waals surface area contributed by atoms with E-state index in [2.05, 4.69) is 10.6 Å². The highest BCUT2D eigenvalue weighted by atomic mass is 32.2. The zero-order valence-electron chi connectivity index (χ0n) is 14.1. The first-order valence-electron chi connectivity index (χ1n) is 8.10. The van der Waals surface area contributed by atoms with Crippen LogP contribution < -0.4 is 10.6 Å². The lowest BCUT2D eigenvalue weighted by Gasteiger charge is -2.14. The standard InChI is InChI=1S/C18H18N2O4S2/c1-11(17(22)19-10-13-3-2-7-25-13)24-18(23)12-4-5-15-14(9-12)20-16(21)6-8-26-15/h2-5,7,9,11H,6,8,10H2,1H3,(H,19,22)(H,20,21)/t11-/m1/s1. The van der Waals surface area contributed by atoms with Crippen LogP contribution in [0.15, 0.2) is 40.6 Å². The molecular formula is C18H18N2O4S2. The van der Waals surface area contributed by atoms with E-state index in [1.54, 1.807) is 41.3 Å². The van der Waals surface area contributed by atoms with Crippen molar-refractivity contribution in [3.63, 3.8) is 0 Å². The molecule has 1 aromatic carbocycles. The van der Waals surface area contributed by atoms with E-state index in [1.165, 1.54) is 6.92 Å². The number of thiophene rings is 1. The molecule has 8 heteroatoms. The molecule has 1 aliphatic heterocycles. The number of hydrogen-bond acceptors (Lipinski definition) is 6. The number of hydrogen-bond donors (Lipinski definition) is 2. The Bertz CT molecular complexity index is 821. The summed E-state index contributed by atoms with van der Waals surface area (Å²) in [4.78, 5) is 38.0. The fourth-order valence-electron chi connectivity index (χ4n) is 2.36. The molecule has 0 aliphatic carbocycles. The van der Waals surface area contributed by atoms with Crippen molar-refractivity contribution in [2.45, 2.75) is 30.9 Å². The highest BCUT2D eigenvalue weighted by molar-refractivity contribution is 7.99. The molecule has 1 aromatic heterocycles. The number of nitrogens with one attached hydrogen (secondary N) is 2. The quantitative estimate of drug-likeness (QED) is 0.767. The summed E-state index contributed by atoms with van der Waals surface area (Å²) in [6, 6.07) is 8.84. The Morgan fingerprint density at radius 3 is 2.96 bits per heavy atom. The van der Waals surface area contributed by atoms with Crippen molar-refractivity contribution in [1.82, 2.24) is 5.32 Å². The average Bonchev–Trinajstić information content (AvgIpc) is 3.07. The molecule has 0 unspecified atom stereocenters. The molecule has 0 bridgehead atoms. The lowest BCUT2D eigenvalue weighted by molar-refractivity contribution is -0.129. The summed E-state index contributed by atoms with van der Waals surface area (Å²) in [5.74, 6) is -0.340. The number of benzene rings is 1. The third-order valence-electron chi connectivity index (χ3n) is 3.75. The second-order valence-electron chi connectivity index (χ2n) is 5.70. The van der Waals surface area contributed by atoms with Gasteiger partial charge in [-0.1, -0.05) is 6.07 Å². The summed E-state index contributed by atoms with van der Waals surface area (Å²) in [5.41, 5.74) is 0.895. The molecule has 2 N–H and O–H groups in total. The summed E-state index contributed by atoms with van der Waals surface area (Å²) < 4.78 is 5.25. The van der Waals surface area contributed by atoms with Crippen LogP contribution >= 0.6 is 23.1 Å². The Morgan fingerprint density at radius 1 is 1.35 bits per heavy atom. The number of thioether (sulfide) groups is 1. The Hall–Kier alpha value is -2.32. The van der Waals surface area contributed by atoms with Gasteiger partial charge in [0.05, 0.1) is 17.8 Å². The number of carbonyl (C=O) groups excluding carboxylic acids is 3. The Morgan fingerprint density at radius 2 is 2.19 bits per heavy atom. The van der Waals surface area contributed by atoms with E-state index in [1.807, 2.05) is 17.5 Å². The Labute approximate surface area is 159 Å². The van der Waals surface area contributed by atoms with Gasteiger partial charge in [-0.25, -0.2) is 4.79 Å². The SMILES string of the molecule is C[C@@H](OC(=O)c1ccc2c(c1)NC(=O)CCS2)C(=O)NCc1cccs1. The lowest BCUT2D eigenvalue weighted by atomic mass is 10.2. The van der Waals surface area contributed by atoms with Gasteiger partial charge in [-0.2, -0.15) is 0 Å².